The van der Waals surface area contributed by atoms with Gasteiger partial charge >= 0.3 is 5.97 Å². The maximum absolute atomic E-state index is 12.5. The highest BCUT2D eigenvalue weighted by Crippen LogP contribution is 2.35. The topological polar surface area (TPSA) is 75.6 Å². The standard InChI is InChI=1S/C19H19NO4/c1-24-15-8-6-13-7-9-16(17(13)10-15)18(21)20-11-12-2-4-14(5-3-12)19(22)23/h2-6,8,10,16H,7,9,11H2,1H3,(H,20,21)(H,22,23). The number of hydrogen-bond donors (Lipinski definition) is 2. The van der Waals surface area contributed by atoms with Crippen molar-refractivity contribution in [3.63, 3.8) is 0 Å². The van der Waals surface area contributed by atoms with Gasteiger partial charge in [0, 0.05) is 6.54 Å². The predicted octanol–water partition coefficient (Wildman–Crippen LogP) is 2.74. The number of ether oxygens (including phenoxy) is 1. The lowest BCUT2D eigenvalue weighted by Crippen LogP contribution is -2.27. The summed E-state index contributed by atoms with van der Waals surface area (Å²) in [6.07, 6.45) is 1.69. The molecule has 1 aliphatic rings. The SMILES string of the molecule is COc1ccc2c(c1)C(C(=O)NCc1ccc(C(=O)O)cc1)CC2. The summed E-state index contributed by atoms with van der Waals surface area (Å²) >= 11 is 0. The highest BCUT2D eigenvalue weighted by atomic mass is 16.5. The van der Waals surface area contributed by atoms with E-state index in [1.165, 1.54) is 5.56 Å². The Morgan fingerprint density at radius 2 is 1.96 bits per heavy atom. The van der Waals surface area contributed by atoms with Gasteiger partial charge in [-0.1, -0.05) is 18.2 Å². The normalized spacial score (nSPS) is 15.6. The second-order valence-electron chi connectivity index (χ2n) is 5.88. The first-order valence-electron chi connectivity index (χ1n) is 7.85. The Balaban J connectivity index is 1.65. The molecule has 0 aromatic heterocycles. The second kappa shape index (κ2) is 6.74. The van der Waals surface area contributed by atoms with Gasteiger partial charge in [-0.05, 0) is 53.8 Å². The van der Waals surface area contributed by atoms with Gasteiger partial charge in [0.1, 0.15) is 5.75 Å². The zero-order valence-electron chi connectivity index (χ0n) is 13.4. The molecule has 1 atom stereocenters. The van der Waals surface area contributed by atoms with E-state index in [4.69, 9.17) is 9.84 Å². The van der Waals surface area contributed by atoms with Crippen molar-refractivity contribution in [3.05, 3.63) is 64.7 Å². The molecule has 2 aromatic rings. The number of fused-ring (bicyclic) bond motifs is 1. The number of hydrogen-bond acceptors (Lipinski definition) is 3. The minimum atomic E-state index is -0.956. The minimum absolute atomic E-state index is 0.00989. The molecule has 0 spiro atoms. The molecule has 24 heavy (non-hydrogen) atoms. The molecule has 124 valence electrons. The van der Waals surface area contributed by atoms with Gasteiger partial charge in [0.15, 0.2) is 0 Å². The molecule has 0 aliphatic heterocycles. The first kappa shape index (κ1) is 16.1. The summed E-state index contributed by atoms with van der Waals surface area (Å²) in [4.78, 5) is 23.4. The first-order valence-corrected chi connectivity index (χ1v) is 7.85. The minimum Gasteiger partial charge on any atom is -0.497 e. The molecular weight excluding hydrogens is 306 g/mol. The van der Waals surface area contributed by atoms with Gasteiger partial charge in [-0.3, -0.25) is 4.79 Å². The number of carbonyl (C=O) groups excluding carboxylic acids is 1. The van der Waals surface area contributed by atoms with Gasteiger partial charge in [0.2, 0.25) is 5.91 Å². The fraction of sp³-hybridized carbons (Fsp3) is 0.263. The van der Waals surface area contributed by atoms with Gasteiger partial charge in [0.05, 0.1) is 18.6 Å². The van der Waals surface area contributed by atoms with Crippen molar-refractivity contribution in [2.45, 2.75) is 25.3 Å². The van der Waals surface area contributed by atoms with Crippen LogP contribution in [-0.2, 0) is 17.8 Å². The van der Waals surface area contributed by atoms with Crippen LogP contribution in [-0.4, -0.2) is 24.1 Å². The molecule has 2 aromatic carbocycles. The van der Waals surface area contributed by atoms with E-state index in [0.717, 1.165) is 29.7 Å². The van der Waals surface area contributed by atoms with Crippen LogP contribution in [0.15, 0.2) is 42.5 Å². The van der Waals surface area contributed by atoms with E-state index in [9.17, 15) is 9.59 Å². The Labute approximate surface area is 140 Å². The smallest absolute Gasteiger partial charge is 0.335 e. The van der Waals surface area contributed by atoms with Crippen molar-refractivity contribution in [2.75, 3.05) is 7.11 Å². The Morgan fingerprint density at radius 1 is 1.21 bits per heavy atom. The summed E-state index contributed by atoms with van der Waals surface area (Å²) in [5.41, 5.74) is 3.34. The fourth-order valence-electron chi connectivity index (χ4n) is 3.06. The van der Waals surface area contributed by atoms with Crippen LogP contribution >= 0.6 is 0 Å². The Kier molecular flexibility index (Phi) is 4.51. The lowest BCUT2D eigenvalue weighted by atomic mass is 10.00. The van der Waals surface area contributed by atoms with Crippen LogP contribution in [0.4, 0.5) is 0 Å². The molecule has 1 amide bonds. The Bertz CT molecular complexity index is 767. The lowest BCUT2D eigenvalue weighted by Gasteiger charge is -2.13. The molecule has 3 rings (SSSR count). The van der Waals surface area contributed by atoms with E-state index in [1.807, 2.05) is 18.2 Å². The van der Waals surface area contributed by atoms with E-state index >= 15 is 0 Å². The lowest BCUT2D eigenvalue weighted by molar-refractivity contribution is -0.122. The quantitative estimate of drug-likeness (QED) is 0.886. The highest BCUT2D eigenvalue weighted by Gasteiger charge is 2.28. The zero-order chi connectivity index (χ0) is 17.1. The van der Waals surface area contributed by atoms with Gasteiger partial charge in [-0.15, -0.1) is 0 Å². The average molecular weight is 325 g/mol. The van der Waals surface area contributed by atoms with Gasteiger partial charge in [-0.2, -0.15) is 0 Å². The number of carbonyl (C=O) groups is 2. The molecule has 1 unspecified atom stereocenters. The number of carboxylic acid groups (broad SMARTS) is 1. The number of nitrogens with one attached hydrogen (secondary N) is 1. The van der Waals surface area contributed by atoms with E-state index < -0.39 is 5.97 Å². The molecule has 0 heterocycles. The maximum Gasteiger partial charge on any atom is 0.335 e. The van der Waals surface area contributed by atoms with Crippen molar-refractivity contribution < 1.29 is 19.4 Å². The van der Waals surface area contributed by atoms with E-state index in [-0.39, 0.29) is 17.4 Å². The fourth-order valence-corrected chi connectivity index (χ4v) is 3.06. The predicted molar refractivity (Wildman–Crippen MR) is 89.3 cm³/mol. The molecular formula is C19H19NO4. The van der Waals surface area contributed by atoms with Crippen LogP contribution in [0.3, 0.4) is 0 Å². The third-order valence-corrected chi connectivity index (χ3v) is 4.41. The maximum atomic E-state index is 12.5. The summed E-state index contributed by atoms with van der Waals surface area (Å²) in [6.45, 7) is 0.383. The molecule has 0 bridgehead atoms. The third kappa shape index (κ3) is 3.25. The van der Waals surface area contributed by atoms with Crippen molar-refractivity contribution >= 4 is 11.9 Å². The third-order valence-electron chi connectivity index (χ3n) is 4.41. The van der Waals surface area contributed by atoms with E-state index in [2.05, 4.69) is 5.32 Å². The largest absolute Gasteiger partial charge is 0.497 e. The number of carboxylic acids is 1. The van der Waals surface area contributed by atoms with Gasteiger partial charge < -0.3 is 15.2 Å². The molecule has 0 radical (unpaired) electrons. The first-order chi connectivity index (χ1) is 11.6. The van der Waals surface area contributed by atoms with Crippen LogP contribution < -0.4 is 10.1 Å². The van der Waals surface area contributed by atoms with Crippen molar-refractivity contribution in [2.24, 2.45) is 0 Å². The molecule has 0 saturated heterocycles. The number of aryl methyl sites for hydroxylation is 1. The number of methoxy groups -OCH3 is 1. The van der Waals surface area contributed by atoms with E-state index in [0.29, 0.717) is 6.54 Å². The summed E-state index contributed by atoms with van der Waals surface area (Å²) < 4.78 is 5.25. The van der Waals surface area contributed by atoms with E-state index in [1.54, 1.807) is 31.4 Å². The number of benzene rings is 2. The molecule has 0 saturated carbocycles. The Morgan fingerprint density at radius 3 is 2.62 bits per heavy atom. The monoisotopic (exact) mass is 325 g/mol. The van der Waals surface area contributed by atoms with Gasteiger partial charge in [0.25, 0.3) is 0 Å². The van der Waals surface area contributed by atoms with Crippen LogP contribution in [0.25, 0.3) is 0 Å². The van der Waals surface area contributed by atoms with Gasteiger partial charge in [-0.25, -0.2) is 4.79 Å². The number of aromatic carboxylic acids is 1. The van der Waals surface area contributed by atoms with Crippen molar-refractivity contribution in [3.8, 4) is 5.75 Å². The zero-order valence-corrected chi connectivity index (χ0v) is 13.4. The van der Waals surface area contributed by atoms with Crippen LogP contribution in [0.2, 0.25) is 0 Å². The molecule has 1 aliphatic carbocycles. The molecule has 5 heteroatoms. The second-order valence-corrected chi connectivity index (χ2v) is 5.88. The number of rotatable bonds is 5. The molecule has 2 N–H and O–H groups in total. The molecule has 0 fully saturated rings. The highest BCUT2D eigenvalue weighted by molar-refractivity contribution is 5.87. The van der Waals surface area contributed by atoms with Crippen molar-refractivity contribution in [1.29, 1.82) is 0 Å². The molecule has 5 nitrogen and oxygen atoms in total. The summed E-state index contributed by atoms with van der Waals surface area (Å²) in [5, 5.41) is 11.8. The van der Waals surface area contributed by atoms with Crippen molar-refractivity contribution in [1.82, 2.24) is 5.32 Å². The van der Waals surface area contributed by atoms with Crippen LogP contribution in [0, 0.1) is 0 Å². The van der Waals surface area contributed by atoms with Crippen LogP contribution in [0.5, 0.6) is 5.75 Å². The average Bonchev–Trinajstić information content (AvgIpc) is 3.03. The summed E-state index contributed by atoms with van der Waals surface area (Å²) in [7, 11) is 1.62. The summed E-state index contributed by atoms with van der Waals surface area (Å²) in [5.74, 6) is -0.363. The number of amides is 1. The Hall–Kier alpha value is -2.82. The summed E-state index contributed by atoms with van der Waals surface area (Å²) in [6, 6.07) is 12.4. The van der Waals surface area contributed by atoms with Crippen LogP contribution in [0.1, 0.15) is 39.4 Å².